The van der Waals surface area contributed by atoms with Gasteiger partial charge in [0.15, 0.2) is 0 Å². The van der Waals surface area contributed by atoms with Gasteiger partial charge < -0.3 is 8.85 Å². The number of rotatable bonds is 9. The third-order valence-corrected chi connectivity index (χ3v) is 14.9. The molecule has 20 heavy (non-hydrogen) atoms. The molecule has 0 unspecified atom stereocenters. The van der Waals surface area contributed by atoms with Gasteiger partial charge in [-0.3, -0.25) is 0 Å². The summed E-state index contributed by atoms with van der Waals surface area (Å²) in [5.74, 6) is 0. The van der Waals surface area contributed by atoms with E-state index in [9.17, 15) is 0 Å². The van der Waals surface area contributed by atoms with Gasteiger partial charge in [-0.1, -0.05) is 75.3 Å². The zero-order valence-corrected chi connectivity index (χ0v) is 15.7. The lowest BCUT2D eigenvalue weighted by Gasteiger charge is -2.34. The molecule has 2 nitrogen and oxygen atoms in total. The highest BCUT2D eigenvalue weighted by Gasteiger charge is 2.40. The van der Waals surface area contributed by atoms with Crippen LogP contribution >= 0.6 is 0 Å². The minimum absolute atomic E-state index is 1.09. The van der Waals surface area contributed by atoms with Crippen LogP contribution in [0.3, 0.4) is 0 Å². The summed E-state index contributed by atoms with van der Waals surface area (Å²) >= 11 is 0. The van der Waals surface area contributed by atoms with E-state index >= 15 is 0 Å². The molecule has 0 heterocycles. The highest BCUT2D eigenvalue weighted by atomic mass is 28.4. The second kappa shape index (κ2) is 8.12. The predicted octanol–water partition coefficient (Wildman–Crippen LogP) is 4.14. The molecule has 4 heteroatoms. The molecule has 0 aliphatic rings. The highest BCUT2D eigenvalue weighted by molar-refractivity contribution is 6.85. The van der Waals surface area contributed by atoms with Crippen LogP contribution in [0.5, 0.6) is 0 Å². The van der Waals surface area contributed by atoms with Crippen molar-refractivity contribution in [1.29, 1.82) is 0 Å². The van der Waals surface area contributed by atoms with Gasteiger partial charge in [-0.05, 0) is 11.2 Å². The number of hydrogen-bond acceptors (Lipinski definition) is 2. The van der Waals surface area contributed by atoms with Gasteiger partial charge in [0.25, 0.3) is 0 Å². The monoisotopic (exact) mass is 310 g/mol. The van der Waals surface area contributed by atoms with Crippen molar-refractivity contribution in [2.45, 2.75) is 51.0 Å². The van der Waals surface area contributed by atoms with E-state index in [1.165, 1.54) is 29.4 Å². The third kappa shape index (κ3) is 3.81. The topological polar surface area (TPSA) is 18.5 Å². The van der Waals surface area contributed by atoms with Crippen molar-refractivity contribution in [2.75, 3.05) is 14.2 Å². The molecule has 0 amide bonds. The van der Waals surface area contributed by atoms with E-state index in [0.29, 0.717) is 0 Å². The zero-order chi connectivity index (χ0) is 15.1. The molecule has 0 aromatic heterocycles. The quantitative estimate of drug-likeness (QED) is 0.638. The van der Waals surface area contributed by atoms with Gasteiger partial charge in [-0.25, -0.2) is 0 Å². The van der Waals surface area contributed by atoms with Crippen LogP contribution in [-0.4, -0.2) is 30.9 Å². The van der Waals surface area contributed by atoms with Crippen LogP contribution < -0.4 is 5.19 Å². The van der Waals surface area contributed by atoms with Gasteiger partial charge in [0.1, 0.15) is 0 Å². The average Bonchev–Trinajstić information content (AvgIpc) is 2.54. The van der Waals surface area contributed by atoms with Crippen molar-refractivity contribution in [3.63, 3.8) is 0 Å². The Labute approximate surface area is 126 Å². The van der Waals surface area contributed by atoms with Crippen LogP contribution in [0.2, 0.25) is 30.2 Å². The molecule has 1 aromatic rings. The molecule has 0 saturated carbocycles. The lowest BCUT2D eigenvalue weighted by atomic mass is 10.4. The molecule has 0 atom stereocenters. The molecule has 0 N–H and O–H groups in total. The summed E-state index contributed by atoms with van der Waals surface area (Å²) in [6, 6.07) is 17.0. The fourth-order valence-electron chi connectivity index (χ4n) is 3.07. The van der Waals surface area contributed by atoms with Gasteiger partial charge in [-0.2, -0.15) is 0 Å². The first kappa shape index (κ1) is 17.6. The van der Waals surface area contributed by atoms with Gasteiger partial charge in [0.05, 0.1) is 8.07 Å². The normalized spacial score (nSPS) is 12.7. The van der Waals surface area contributed by atoms with Crippen LogP contribution in [0.25, 0.3) is 0 Å². The second-order valence-electron chi connectivity index (χ2n) is 5.59. The van der Waals surface area contributed by atoms with Crippen molar-refractivity contribution in [2.24, 2.45) is 0 Å². The van der Waals surface area contributed by atoms with Crippen LogP contribution in [0.15, 0.2) is 30.3 Å². The Morgan fingerprint density at radius 1 is 0.800 bits per heavy atom. The number of hydrogen-bond donors (Lipinski definition) is 0. The lowest BCUT2D eigenvalue weighted by molar-refractivity contribution is 0.258. The minimum atomic E-state index is -2.24. The van der Waals surface area contributed by atoms with E-state index in [4.69, 9.17) is 8.85 Å². The molecular formula is C16H30O2Si2. The van der Waals surface area contributed by atoms with Crippen LogP contribution in [-0.2, 0) is 8.85 Å². The molecule has 1 rings (SSSR count). The van der Waals surface area contributed by atoms with Gasteiger partial charge in [0, 0.05) is 14.2 Å². The van der Waals surface area contributed by atoms with Gasteiger partial charge in [-0.15, -0.1) is 0 Å². The Bertz CT molecular complexity index is 365. The predicted molar refractivity (Wildman–Crippen MR) is 92.7 cm³/mol. The molecule has 0 aliphatic carbocycles. The molecule has 0 fully saturated rings. The average molecular weight is 311 g/mol. The Morgan fingerprint density at radius 2 is 1.30 bits per heavy atom. The second-order valence-corrected chi connectivity index (χ2v) is 14.6. The van der Waals surface area contributed by atoms with Gasteiger partial charge >= 0.3 is 8.56 Å². The summed E-state index contributed by atoms with van der Waals surface area (Å²) in [6.45, 7) is 7.10. The maximum atomic E-state index is 5.94. The fourth-order valence-corrected chi connectivity index (χ4v) is 11.1. The molecule has 0 radical (unpaired) electrons. The first-order chi connectivity index (χ1) is 9.62. The molecule has 0 aliphatic heterocycles. The molecule has 0 saturated heterocycles. The summed E-state index contributed by atoms with van der Waals surface area (Å²) in [4.78, 5) is 0. The number of benzene rings is 1. The fraction of sp³-hybridized carbons (Fsp3) is 0.625. The van der Waals surface area contributed by atoms with Crippen molar-refractivity contribution in [1.82, 2.24) is 0 Å². The van der Waals surface area contributed by atoms with E-state index < -0.39 is 16.6 Å². The Kier molecular flexibility index (Phi) is 7.16. The summed E-state index contributed by atoms with van der Waals surface area (Å²) in [6.07, 6.45) is 0. The molecule has 1 aromatic carbocycles. The smallest absolute Gasteiger partial charge is 0.371 e. The molecular weight excluding hydrogens is 280 g/mol. The molecule has 114 valence electrons. The Hall–Kier alpha value is -0.426. The summed E-state index contributed by atoms with van der Waals surface area (Å²) in [5.41, 5.74) is 0. The van der Waals surface area contributed by atoms with E-state index in [1.807, 2.05) is 14.2 Å². The maximum Gasteiger partial charge on any atom is 0.371 e. The summed E-state index contributed by atoms with van der Waals surface area (Å²) in [5, 5.41) is 1.26. The van der Waals surface area contributed by atoms with Gasteiger partial charge in [0.2, 0.25) is 0 Å². The van der Waals surface area contributed by atoms with Crippen LogP contribution in [0.4, 0.5) is 0 Å². The van der Waals surface area contributed by atoms with Crippen molar-refractivity contribution in [3.05, 3.63) is 30.3 Å². The lowest BCUT2D eigenvalue weighted by Crippen LogP contribution is -2.53. The maximum absolute atomic E-state index is 5.94. The van der Waals surface area contributed by atoms with Crippen molar-refractivity contribution < 1.29 is 8.85 Å². The van der Waals surface area contributed by atoms with E-state index in [1.54, 1.807) is 0 Å². The SMILES string of the molecule is CC[Si](CC)(CC)CC[Si](OC)(OC)c1ccccc1. The third-order valence-electron chi connectivity index (χ3n) is 5.11. The standard InChI is InChI=1S/C16H30O2Si2/c1-6-19(7-2,8-3)14-15-20(17-4,18-5)16-12-10-9-11-13-16/h9-13H,6-8,14-15H2,1-5H3. The Balaban J connectivity index is 2.93. The molecule has 0 bridgehead atoms. The first-order valence-corrected chi connectivity index (χ1v) is 12.6. The van der Waals surface area contributed by atoms with E-state index in [0.717, 1.165) is 6.04 Å². The largest absolute Gasteiger partial charge is 0.394 e. The van der Waals surface area contributed by atoms with E-state index in [-0.39, 0.29) is 0 Å². The van der Waals surface area contributed by atoms with Crippen LogP contribution in [0.1, 0.15) is 20.8 Å². The van der Waals surface area contributed by atoms with Crippen molar-refractivity contribution >= 4 is 21.8 Å². The highest BCUT2D eigenvalue weighted by Crippen LogP contribution is 2.30. The Morgan fingerprint density at radius 3 is 1.70 bits per heavy atom. The van der Waals surface area contributed by atoms with E-state index in [2.05, 4.69) is 51.1 Å². The molecule has 0 spiro atoms. The summed E-state index contributed by atoms with van der Waals surface area (Å²) in [7, 11) is 0.269. The first-order valence-electron chi connectivity index (χ1n) is 7.77. The van der Waals surface area contributed by atoms with Crippen LogP contribution in [0, 0.1) is 0 Å². The van der Waals surface area contributed by atoms with Crippen molar-refractivity contribution in [3.8, 4) is 0 Å². The zero-order valence-electron chi connectivity index (χ0n) is 13.7. The minimum Gasteiger partial charge on any atom is -0.394 e. The summed E-state index contributed by atoms with van der Waals surface area (Å²) < 4.78 is 11.9.